The van der Waals surface area contributed by atoms with Gasteiger partial charge < -0.3 is 9.84 Å². The third-order valence-electron chi connectivity index (χ3n) is 3.09. The number of hydrogen-bond donors (Lipinski definition) is 1. The van der Waals surface area contributed by atoms with Crippen LogP contribution in [0.4, 0.5) is 0 Å². The van der Waals surface area contributed by atoms with Crippen molar-refractivity contribution in [3.8, 4) is 0 Å². The van der Waals surface area contributed by atoms with Gasteiger partial charge in [0.25, 0.3) is 0 Å². The van der Waals surface area contributed by atoms with E-state index in [0.717, 1.165) is 0 Å². The lowest BCUT2D eigenvalue weighted by Crippen LogP contribution is -2.36. The summed E-state index contributed by atoms with van der Waals surface area (Å²) in [6.45, 7) is 0.757. The molecule has 1 aromatic heterocycles. The van der Waals surface area contributed by atoms with Gasteiger partial charge in [0.1, 0.15) is 6.04 Å². The molecular weight excluding hydrogens is 291 g/mol. The standard InChI is InChI=1S/C12H14Cl2N2O3/c1-19-12(18)11-3-8(17)5-16(11)6-10-9(14)2-7(13)4-15-10/h2,4,8,11,17H,3,5-6H2,1H3. The predicted octanol–water partition coefficient (Wildman–Crippen LogP) is 1.50. The summed E-state index contributed by atoms with van der Waals surface area (Å²) in [5.41, 5.74) is 0.620. The van der Waals surface area contributed by atoms with Crippen LogP contribution in [-0.2, 0) is 16.1 Å². The molecule has 7 heteroatoms. The number of rotatable bonds is 3. The minimum atomic E-state index is -0.546. The lowest BCUT2D eigenvalue weighted by molar-refractivity contribution is -0.146. The summed E-state index contributed by atoms with van der Waals surface area (Å²) in [6.07, 6.45) is 1.32. The second-order valence-electron chi connectivity index (χ2n) is 4.44. The molecule has 0 radical (unpaired) electrons. The number of nitrogens with zero attached hydrogens (tertiary/aromatic N) is 2. The first-order chi connectivity index (χ1) is 9.01. The Morgan fingerprint density at radius 2 is 2.37 bits per heavy atom. The fourth-order valence-corrected chi connectivity index (χ4v) is 2.63. The van der Waals surface area contributed by atoms with Gasteiger partial charge in [-0.2, -0.15) is 0 Å². The van der Waals surface area contributed by atoms with Gasteiger partial charge in [-0.25, -0.2) is 0 Å². The van der Waals surface area contributed by atoms with Crippen molar-refractivity contribution in [3.63, 3.8) is 0 Å². The highest BCUT2D eigenvalue weighted by molar-refractivity contribution is 6.34. The molecule has 1 fully saturated rings. The van der Waals surface area contributed by atoms with Crippen molar-refractivity contribution in [2.75, 3.05) is 13.7 Å². The van der Waals surface area contributed by atoms with Gasteiger partial charge in [-0.3, -0.25) is 14.7 Å². The second kappa shape index (κ2) is 6.05. The summed E-state index contributed by atoms with van der Waals surface area (Å²) in [6, 6.07) is 1.14. The van der Waals surface area contributed by atoms with E-state index in [2.05, 4.69) is 4.98 Å². The number of likely N-dealkylation sites (tertiary alicyclic amines) is 1. The number of halogens is 2. The number of pyridine rings is 1. The van der Waals surface area contributed by atoms with Crippen LogP contribution in [0.3, 0.4) is 0 Å². The molecule has 0 saturated carbocycles. The van der Waals surface area contributed by atoms with Crippen molar-refractivity contribution >= 4 is 29.2 Å². The van der Waals surface area contributed by atoms with Crippen molar-refractivity contribution in [2.45, 2.75) is 25.1 Å². The van der Waals surface area contributed by atoms with E-state index >= 15 is 0 Å². The molecule has 0 spiro atoms. The number of methoxy groups -OCH3 is 1. The Labute approximate surface area is 121 Å². The van der Waals surface area contributed by atoms with Crippen LogP contribution in [0.2, 0.25) is 10.0 Å². The Kier molecular flexibility index (Phi) is 4.62. The van der Waals surface area contributed by atoms with E-state index in [0.29, 0.717) is 35.2 Å². The fourth-order valence-electron chi connectivity index (χ4n) is 2.19. The number of aliphatic hydroxyl groups is 1. The maximum absolute atomic E-state index is 11.6. The van der Waals surface area contributed by atoms with Gasteiger partial charge in [0, 0.05) is 25.7 Å². The zero-order valence-electron chi connectivity index (χ0n) is 10.3. The predicted molar refractivity (Wildman–Crippen MR) is 71.1 cm³/mol. The first-order valence-electron chi connectivity index (χ1n) is 5.81. The number of carbonyl (C=O) groups excluding carboxylic acids is 1. The topological polar surface area (TPSA) is 62.7 Å². The van der Waals surface area contributed by atoms with E-state index in [1.54, 1.807) is 11.0 Å². The molecule has 5 nitrogen and oxygen atoms in total. The van der Waals surface area contributed by atoms with E-state index in [1.165, 1.54) is 13.3 Å². The number of carbonyl (C=O) groups is 1. The minimum absolute atomic E-state index is 0.359. The van der Waals surface area contributed by atoms with Crippen molar-refractivity contribution in [2.24, 2.45) is 0 Å². The summed E-state index contributed by atoms with van der Waals surface area (Å²) in [4.78, 5) is 17.6. The minimum Gasteiger partial charge on any atom is -0.468 e. The normalized spacial score (nSPS) is 23.6. The summed E-state index contributed by atoms with van der Waals surface area (Å²) < 4.78 is 4.73. The highest BCUT2D eigenvalue weighted by Gasteiger charge is 2.37. The van der Waals surface area contributed by atoms with Gasteiger partial charge in [-0.15, -0.1) is 0 Å². The zero-order valence-corrected chi connectivity index (χ0v) is 11.9. The number of β-amino-alcohol motifs (C(OH)–C–C–N with tert-alkyl or cyclic N) is 1. The van der Waals surface area contributed by atoms with Crippen LogP contribution >= 0.6 is 23.2 Å². The lowest BCUT2D eigenvalue weighted by Gasteiger charge is -2.21. The zero-order chi connectivity index (χ0) is 14.0. The Morgan fingerprint density at radius 1 is 1.63 bits per heavy atom. The monoisotopic (exact) mass is 304 g/mol. The first-order valence-corrected chi connectivity index (χ1v) is 6.56. The smallest absolute Gasteiger partial charge is 0.323 e. The van der Waals surface area contributed by atoms with Crippen molar-refractivity contribution in [1.82, 2.24) is 9.88 Å². The molecule has 104 valence electrons. The average Bonchev–Trinajstić information content (AvgIpc) is 2.73. The molecule has 2 atom stereocenters. The number of aliphatic hydroxyl groups excluding tert-OH is 1. The van der Waals surface area contributed by atoms with E-state index in [4.69, 9.17) is 27.9 Å². The molecule has 1 aliphatic heterocycles. The molecule has 2 rings (SSSR count). The SMILES string of the molecule is COC(=O)C1CC(O)CN1Cc1ncc(Cl)cc1Cl. The molecule has 0 bridgehead atoms. The molecule has 1 N–H and O–H groups in total. The maximum atomic E-state index is 11.6. The molecule has 2 unspecified atom stereocenters. The molecule has 1 aliphatic rings. The largest absolute Gasteiger partial charge is 0.468 e. The second-order valence-corrected chi connectivity index (χ2v) is 5.28. The van der Waals surface area contributed by atoms with Crippen LogP contribution in [-0.4, -0.2) is 46.8 Å². The van der Waals surface area contributed by atoms with Crippen molar-refractivity contribution < 1.29 is 14.6 Å². The molecule has 1 aromatic rings. The van der Waals surface area contributed by atoms with Gasteiger partial charge in [-0.05, 0) is 6.07 Å². The van der Waals surface area contributed by atoms with E-state index in [1.807, 2.05) is 0 Å². The van der Waals surface area contributed by atoms with Crippen LogP contribution in [0.25, 0.3) is 0 Å². The van der Waals surface area contributed by atoms with Gasteiger partial charge in [0.05, 0.1) is 29.0 Å². The van der Waals surface area contributed by atoms with Gasteiger partial charge in [0.15, 0.2) is 0 Å². The maximum Gasteiger partial charge on any atom is 0.323 e. The third-order valence-corrected chi connectivity index (χ3v) is 3.63. The quantitative estimate of drug-likeness (QED) is 0.857. The Bertz CT molecular complexity index is 484. The molecule has 19 heavy (non-hydrogen) atoms. The highest BCUT2D eigenvalue weighted by atomic mass is 35.5. The van der Waals surface area contributed by atoms with E-state index in [-0.39, 0.29) is 5.97 Å². The summed E-state index contributed by atoms with van der Waals surface area (Å²) in [7, 11) is 1.33. The highest BCUT2D eigenvalue weighted by Crippen LogP contribution is 2.25. The Balaban J connectivity index is 2.14. The van der Waals surface area contributed by atoms with Crippen LogP contribution in [0.15, 0.2) is 12.3 Å². The van der Waals surface area contributed by atoms with Gasteiger partial charge in [0.2, 0.25) is 0 Å². The van der Waals surface area contributed by atoms with Crippen molar-refractivity contribution in [3.05, 3.63) is 28.0 Å². The Morgan fingerprint density at radius 3 is 3.00 bits per heavy atom. The van der Waals surface area contributed by atoms with Gasteiger partial charge in [-0.1, -0.05) is 23.2 Å². The summed E-state index contributed by atoms with van der Waals surface area (Å²) >= 11 is 11.8. The summed E-state index contributed by atoms with van der Waals surface area (Å²) in [5, 5.41) is 10.6. The third kappa shape index (κ3) is 3.36. The fraction of sp³-hybridized carbons (Fsp3) is 0.500. The first kappa shape index (κ1) is 14.5. The van der Waals surface area contributed by atoms with Crippen molar-refractivity contribution in [1.29, 1.82) is 0 Å². The number of ether oxygens (including phenoxy) is 1. The molecule has 0 aliphatic carbocycles. The average molecular weight is 305 g/mol. The lowest BCUT2D eigenvalue weighted by atomic mass is 10.2. The number of esters is 1. The molecule has 1 saturated heterocycles. The molecule has 2 heterocycles. The molecule has 0 amide bonds. The van der Waals surface area contributed by atoms with Gasteiger partial charge >= 0.3 is 5.97 Å². The van der Waals surface area contributed by atoms with Crippen LogP contribution in [0.1, 0.15) is 12.1 Å². The van der Waals surface area contributed by atoms with Crippen LogP contribution < -0.4 is 0 Å². The molecular formula is C12H14Cl2N2O3. The summed E-state index contributed by atoms with van der Waals surface area (Å²) in [5.74, 6) is -0.360. The van der Waals surface area contributed by atoms with E-state index in [9.17, 15) is 9.90 Å². The molecule has 0 aromatic carbocycles. The number of aromatic nitrogens is 1. The van der Waals surface area contributed by atoms with Crippen LogP contribution in [0.5, 0.6) is 0 Å². The van der Waals surface area contributed by atoms with Crippen LogP contribution in [0, 0.1) is 0 Å². The number of hydrogen-bond acceptors (Lipinski definition) is 5. The van der Waals surface area contributed by atoms with E-state index < -0.39 is 12.1 Å². The Hall–Kier alpha value is -0.880.